The van der Waals surface area contributed by atoms with E-state index in [9.17, 15) is 0 Å². The maximum atomic E-state index is 6.11. The standard InChI is InChI=1S/C15H34N2/c1-5-6-7-8-9-10-12-17-13-11-14(16)15(2,3)4/h14,17H,5-13,16H2,1-4H3. The maximum absolute atomic E-state index is 6.11. The van der Waals surface area contributed by atoms with E-state index in [4.69, 9.17) is 5.73 Å². The molecule has 104 valence electrons. The quantitative estimate of drug-likeness (QED) is 0.573. The smallest absolute Gasteiger partial charge is 0.00997 e. The Labute approximate surface area is 109 Å². The van der Waals surface area contributed by atoms with Gasteiger partial charge in [0.2, 0.25) is 0 Å². The van der Waals surface area contributed by atoms with Crippen LogP contribution < -0.4 is 11.1 Å². The zero-order chi connectivity index (χ0) is 13.1. The SMILES string of the molecule is CCCCCCCCNCCC(N)C(C)(C)C. The van der Waals surface area contributed by atoms with Crippen LogP contribution in [0.2, 0.25) is 0 Å². The fourth-order valence-corrected chi connectivity index (χ4v) is 1.85. The molecule has 0 aliphatic heterocycles. The molecular formula is C15H34N2. The highest BCUT2D eigenvalue weighted by Crippen LogP contribution is 2.19. The zero-order valence-corrected chi connectivity index (χ0v) is 12.5. The first-order valence-electron chi connectivity index (χ1n) is 7.44. The number of nitrogens with two attached hydrogens (primary N) is 1. The van der Waals surface area contributed by atoms with Crippen molar-refractivity contribution in [1.29, 1.82) is 0 Å². The molecule has 1 atom stereocenters. The molecule has 0 aromatic carbocycles. The Bertz CT molecular complexity index is 161. The van der Waals surface area contributed by atoms with Crippen LogP contribution in [0.25, 0.3) is 0 Å². The summed E-state index contributed by atoms with van der Waals surface area (Å²) in [6, 6.07) is 0.305. The molecule has 17 heavy (non-hydrogen) atoms. The van der Waals surface area contributed by atoms with E-state index >= 15 is 0 Å². The summed E-state index contributed by atoms with van der Waals surface area (Å²) in [5.74, 6) is 0. The number of rotatable bonds is 10. The molecule has 2 nitrogen and oxygen atoms in total. The summed E-state index contributed by atoms with van der Waals surface area (Å²) in [5.41, 5.74) is 6.34. The molecule has 0 rings (SSSR count). The number of unbranched alkanes of at least 4 members (excludes halogenated alkanes) is 5. The first kappa shape index (κ1) is 16.9. The molecule has 0 aliphatic carbocycles. The van der Waals surface area contributed by atoms with Gasteiger partial charge in [-0.2, -0.15) is 0 Å². The summed E-state index contributed by atoms with van der Waals surface area (Å²) >= 11 is 0. The molecule has 0 spiro atoms. The molecule has 3 N–H and O–H groups in total. The van der Waals surface area contributed by atoms with Gasteiger partial charge in [0.1, 0.15) is 0 Å². The van der Waals surface area contributed by atoms with E-state index in [-0.39, 0.29) is 5.41 Å². The molecule has 0 radical (unpaired) electrons. The lowest BCUT2D eigenvalue weighted by Crippen LogP contribution is -2.37. The van der Waals surface area contributed by atoms with E-state index in [1.54, 1.807) is 0 Å². The lowest BCUT2D eigenvalue weighted by atomic mass is 9.85. The van der Waals surface area contributed by atoms with Crippen molar-refractivity contribution in [2.24, 2.45) is 11.1 Å². The van der Waals surface area contributed by atoms with Gasteiger partial charge in [-0.1, -0.05) is 59.8 Å². The van der Waals surface area contributed by atoms with Crippen molar-refractivity contribution in [1.82, 2.24) is 5.32 Å². The van der Waals surface area contributed by atoms with Crippen LogP contribution in [0.4, 0.5) is 0 Å². The third-order valence-electron chi connectivity index (χ3n) is 3.45. The second-order valence-electron chi connectivity index (χ2n) is 6.28. The summed E-state index contributed by atoms with van der Waals surface area (Å²) in [4.78, 5) is 0. The van der Waals surface area contributed by atoms with Gasteiger partial charge in [-0.25, -0.2) is 0 Å². The number of nitrogens with one attached hydrogen (secondary N) is 1. The predicted octanol–water partition coefficient (Wildman–Crippen LogP) is 3.70. The van der Waals surface area contributed by atoms with Crippen molar-refractivity contribution in [3.8, 4) is 0 Å². The van der Waals surface area contributed by atoms with Gasteiger partial charge in [-0.15, -0.1) is 0 Å². The van der Waals surface area contributed by atoms with Crippen LogP contribution in [0.1, 0.15) is 72.6 Å². The van der Waals surface area contributed by atoms with Crippen LogP contribution in [0, 0.1) is 5.41 Å². The van der Waals surface area contributed by atoms with Gasteiger partial charge in [-0.05, 0) is 31.3 Å². The summed E-state index contributed by atoms with van der Waals surface area (Å²) < 4.78 is 0. The normalized spacial score (nSPS) is 13.9. The second-order valence-corrected chi connectivity index (χ2v) is 6.28. The monoisotopic (exact) mass is 242 g/mol. The van der Waals surface area contributed by atoms with Gasteiger partial charge in [-0.3, -0.25) is 0 Å². The van der Waals surface area contributed by atoms with Crippen molar-refractivity contribution in [2.75, 3.05) is 13.1 Å². The molecule has 1 unspecified atom stereocenters. The molecule has 2 heteroatoms. The summed E-state index contributed by atoms with van der Waals surface area (Å²) in [6.45, 7) is 11.1. The summed E-state index contributed by atoms with van der Waals surface area (Å²) in [6.07, 6.45) is 9.31. The van der Waals surface area contributed by atoms with Gasteiger partial charge in [0.05, 0.1) is 0 Å². The molecular weight excluding hydrogens is 208 g/mol. The Balaban J connectivity index is 3.19. The Morgan fingerprint density at radius 2 is 1.53 bits per heavy atom. The van der Waals surface area contributed by atoms with Crippen LogP contribution in [0.15, 0.2) is 0 Å². The molecule has 0 amide bonds. The van der Waals surface area contributed by atoms with E-state index in [1.165, 1.54) is 38.5 Å². The molecule has 0 saturated heterocycles. The van der Waals surface area contributed by atoms with E-state index < -0.39 is 0 Å². The van der Waals surface area contributed by atoms with Crippen molar-refractivity contribution in [3.05, 3.63) is 0 Å². The molecule has 0 aromatic heterocycles. The second kappa shape index (κ2) is 9.90. The average Bonchev–Trinajstić information content (AvgIpc) is 2.25. The highest BCUT2D eigenvalue weighted by molar-refractivity contribution is 4.77. The third kappa shape index (κ3) is 10.8. The van der Waals surface area contributed by atoms with Crippen LogP contribution in [0.5, 0.6) is 0 Å². The average molecular weight is 242 g/mol. The van der Waals surface area contributed by atoms with Gasteiger partial charge in [0.15, 0.2) is 0 Å². The highest BCUT2D eigenvalue weighted by atomic mass is 14.9. The van der Waals surface area contributed by atoms with Crippen molar-refractivity contribution >= 4 is 0 Å². The van der Waals surface area contributed by atoms with Crippen molar-refractivity contribution < 1.29 is 0 Å². The minimum Gasteiger partial charge on any atom is -0.327 e. The van der Waals surface area contributed by atoms with Crippen molar-refractivity contribution in [2.45, 2.75) is 78.7 Å². The number of hydrogen-bond donors (Lipinski definition) is 2. The van der Waals surface area contributed by atoms with Crippen molar-refractivity contribution in [3.63, 3.8) is 0 Å². The largest absolute Gasteiger partial charge is 0.327 e. The van der Waals surface area contributed by atoms with Crippen LogP contribution in [-0.4, -0.2) is 19.1 Å². The molecule has 0 saturated carbocycles. The Hall–Kier alpha value is -0.0800. The highest BCUT2D eigenvalue weighted by Gasteiger charge is 2.19. The van der Waals surface area contributed by atoms with E-state index in [1.807, 2.05) is 0 Å². The van der Waals surface area contributed by atoms with Gasteiger partial charge in [0.25, 0.3) is 0 Å². The fraction of sp³-hybridized carbons (Fsp3) is 1.00. The molecule has 0 heterocycles. The maximum Gasteiger partial charge on any atom is 0.00997 e. The predicted molar refractivity (Wildman–Crippen MR) is 78.3 cm³/mol. The molecule has 0 aromatic rings. The van der Waals surface area contributed by atoms with Crippen LogP contribution in [-0.2, 0) is 0 Å². The van der Waals surface area contributed by atoms with Crippen LogP contribution >= 0.6 is 0 Å². The molecule has 0 bridgehead atoms. The first-order valence-corrected chi connectivity index (χ1v) is 7.44. The van der Waals surface area contributed by atoms with Gasteiger partial charge >= 0.3 is 0 Å². The lowest BCUT2D eigenvalue weighted by molar-refractivity contribution is 0.302. The van der Waals surface area contributed by atoms with Gasteiger partial charge in [0, 0.05) is 6.04 Å². The first-order chi connectivity index (χ1) is 7.98. The third-order valence-corrected chi connectivity index (χ3v) is 3.45. The molecule has 0 aliphatic rings. The van der Waals surface area contributed by atoms with Gasteiger partial charge < -0.3 is 11.1 Å². The summed E-state index contributed by atoms with van der Waals surface area (Å²) in [5, 5.41) is 3.50. The fourth-order valence-electron chi connectivity index (χ4n) is 1.85. The summed E-state index contributed by atoms with van der Waals surface area (Å²) in [7, 11) is 0. The van der Waals surface area contributed by atoms with E-state index in [2.05, 4.69) is 33.0 Å². The Morgan fingerprint density at radius 3 is 2.12 bits per heavy atom. The van der Waals surface area contributed by atoms with E-state index in [0.717, 1.165) is 19.5 Å². The minimum absolute atomic E-state index is 0.238. The topological polar surface area (TPSA) is 38.0 Å². The van der Waals surface area contributed by atoms with E-state index in [0.29, 0.717) is 6.04 Å². The lowest BCUT2D eigenvalue weighted by Gasteiger charge is -2.27. The Morgan fingerprint density at radius 1 is 0.941 bits per heavy atom. The Kier molecular flexibility index (Phi) is 9.85. The minimum atomic E-state index is 0.238. The molecule has 0 fully saturated rings. The zero-order valence-electron chi connectivity index (χ0n) is 12.5. The number of hydrogen-bond acceptors (Lipinski definition) is 2. The van der Waals surface area contributed by atoms with Crippen LogP contribution in [0.3, 0.4) is 0 Å².